The van der Waals surface area contributed by atoms with Crippen LogP contribution in [0.25, 0.3) is 0 Å². The molecule has 20 heavy (non-hydrogen) atoms. The second kappa shape index (κ2) is 5.07. The van der Waals surface area contributed by atoms with Gasteiger partial charge in [-0.15, -0.1) is 0 Å². The molecule has 2 unspecified atom stereocenters. The van der Waals surface area contributed by atoms with Crippen LogP contribution in [0, 0.1) is 21.3 Å². The van der Waals surface area contributed by atoms with Gasteiger partial charge in [-0.05, 0) is 31.9 Å². The quantitative estimate of drug-likeness (QED) is 0.654. The molecule has 1 fully saturated rings. The number of nitro benzene ring substituents is 1. The van der Waals surface area contributed by atoms with Crippen molar-refractivity contribution in [1.82, 2.24) is 0 Å². The van der Waals surface area contributed by atoms with Crippen LogP contribution in [0.2, 0.25) is 0 Å². The number of hydrogen-bond donors (Lipinski definition) is 2. The van der Waals surface area contributed by atoms with Crippen LogP contribution >= 0.6 is 0 Å². The summed E-state index contributed by atoms with van der Waals surface area (Å²) < 4.78 is 13.5. The maximum Gasteiger partial charge on any atom is 0.327 e. The first kappa shape index (κ1) is 14.2. The Bertz CT molecular complexity index is 563. The molecule has 108 valence electrons. The molecular weight excluding hydrogens is 267 g/mol. The molecule has 0 heterocycles. The molecule has 2 rings (SSSR count). The van der Waals surface area contributed by atoms with E-state index < -0.39 is 33.9 Å². The van der Waals surface area contributed by atoms with Gasteiger partial charge < -0.3 is 10.4 Å². The fraction of sp³-hybridized carbons (Fsp3) is 0.462. The number of hydrogen-bond acceptors (Lipinski definition) is 4. The molecule has 0 aliphatic heterocycles. The van der Waals surface area contributed by atoms with E-state index in [2.05, 4.69) is 5.32 Å². The van der Waals surface area contributed by atoms with Crippen LogP contribution in [0.5, 0.6) is 0 Å². The number of anilines is 1. The van der Waals surface area contributed by atoms with Crippen LogP contribution in [0.4, 0.5) is 15.8 Å². The molecule has 1 aliphatic carbocycles. The third-order valence-electron chi connectivity index (χ3n) is 3.95. The van der Waals surface area contributed by atoms with Crippen molar-refractivity contribution in [3.05, 3.63) is 34.1 Å². The third kappa shape index (κ3) is 2.31. The fourth-order valence-electron chi connectivity index (χ4n) is 2.66. The monoisotopic (exact) mass is 282 g/mol. The maximum atomic E-state index is 13.5. The van der Waals surface area contributed by atoms with Crippen LogP contribution in [-0.4, -0.2) is 22.0 Å². The molecule has 7 heteroatoms. The number of para-hydroxylation sites is 1. The first-order valence-electron chi connectivity index (χ1n) is 6.29. The topological polar surface area (TPSA) is 92.5 Å². The van der Waals surface area contributed by atoms with Gasteiger partial charge in [0.15, 0.2) is 0 Å². The van der Waals surface area contributed by atoms with Crippen LogP contribution in [0.3, 0.4) is 0 Å². The molecular formula is C13H15FN2O4. The average molecular weight is 282 g/mol. The van der Waals surface area contributed by atoms with E-state index in [0.717, 1.165) is 6.07 Å². The van der Waals surface area contributed by atoms with E-state index in [1.807, 2.05) is 0 Å². The summed E-state index contributed by atoms with van der Waals surface area (Å²) in [4.78, 5) is 21.5. The number of carboxylic acid groups (broad SMARTS) is 1. The number of aliphatic carboxylic acids is 1. The van der Waals surface area contributed by atoms with Crippen molar-refractivity contribution in [3.63, 3.8) is 0 Å². The molecule has 1 aromatic carbocycles. The van der Waals surface area contributed by atoms with Gasteiger partial charge in [0, 0.05) is 6.04 Å². The largest absolute Gasteiger partial charge is 0.481 e. The normalized spacial score (nSPS) is 25.4. The Labute approximate surface area is 114 Å². The van der Waals surface area contributed by atoms with Gasteiger partial charge in [-0.25, -0.2) is 0 Å². The van der Waals surface area contributed by atoms with Crippen LogP contribution < -0.4 is 5.32 Å². The van der Waals surface area contributed by atoms with Crippen LogP contribution in [0.15, 0.2) is 18.2 Å². The molecule has 0 amide bonds. The lowest BCUT2D eigenvalue weighted by Crippen LogP contribution is -2.40. The van der Waals surface area contributed by atoms with Crippen molar-refractivity contribution < 1.29 is 19.2 Å². The molecule has 0 bridgehead atoms. The molecule has 1 aliphatic rings. The summed E-state index contributed by atoms with van der Waals surface area (Å²) in [6.45, 7) is 1.60. The molecule has 0 spiro atoms. The van der Waals surface area contributed by atoms with E-state index in [4.69, 9.17) is 0 Å². The Hall–Kier alpha value is -2.18. The van der Waals surface area contributed by atoms with Gasteiger partial charge in [-0.2, -0.15) is 4.39 Å². The van der Waals surface area contributed by atoms with Crippen molar-refractivity contribution in [3.8, 4) is 0 Å². The van der Waals surface area contributed by atoms with Gasteiger partial charge in [-0.3, -0.25) is 14.9 Å². The average Bonchev–Trinajstić information content (AvgIpc) is 2.72. The lowest BCUT2D eigenvalue weighted by molar-refractivity contribution is -0.386. The standard InChI is InChI=1S/C13H15FN2O4/c1-13(12(17)18)7-3-6-10(13)15-9-5-2-4-8(14)11(9)16(19)20/h2,4-5,10,15H,3,6-7H2,1H3,(H,17,18). The highest BCUT2D eigenvalue weighted by molar-refractivity contribution is 5.77. The third-order valence-corrected chi connectivity index (χ3v) is 3.95. The highest BCUT2D eigenvalue weighted by Gasteiger charge is 2.45. The lowest BCUT2D eigenvalue weighted by Gasteiger charge is -2.28. The summed E-state index contributed by atoms with van der Waals surface area (Å²) in [5.74, 6) is -1.89. The van der Waals surface area contributed by atoms with E-state index in [1.165, 1.54) is 12.1 Å². The second-order valence-corrected chi connectivity index (χ2v) is 5.20. The van der Waals surface area contributed by atoms with Crippen molar-refractivity contribution >= 4 is 17.3 Å². The first-order valence-corrected chi connectivity index (χ1v) is 6.29. The Morgan fingerprint density at radius 3 is 2.90 bits per heavy atom. The molecule has 6 nitrogen and oxygen atoms in total. The molecule has 1 saturated carbocycles. The minimum Gasteiger partial charge on any atom is -0.481 e. The molecule has 2 atom stereocenters. The number of nitrogens with zero attached hydrogens (tertiary/aromatic N) is 1. The second-order valence-electron chi connectivity index (χ2n) is 5.20. The number of nitro groups is 1. The zero-order chi connectivity index (χ0) is 14.9. The summed E-state index contributed by atoms with van der Waals surface area (Å²) in [5, 5.41) is 23.1. The SMILES string of the molecule is CC1(C(=O)O)CCCC1Nc1cccc(F)c1[N+](=O)[O-]. The van der Waals surface area contributed by atoms with E-state index in [-0.39, 0.29) is 5.69 Å². The zero-order valence-electron chi connectivity index (χ0n) is 10.9. The molecule has 0 aromatic heterocycles. The van der Waals surface area contributed by atoms with Gasteiger partial charge in [0.2, 0.25) is 5.82 Å². The number of benzene rings is 1. The molecule has 1 aromatic rings. The minimum absolute atomic E-state index is 0.0226. The Morgan fingerprint density at radius 1 is 1.60 bits per heavy atom. The van der Waals surface area contributed by atoms with Crippen molar-refractivity contribution in [1.29, 1.82) is 0 Å². The number of nitrogens with one attached hydrogen (secondary N) is 1. The van der Waals surface area contributed by atoms with E-state index in [1.54, 1.807) is 6.92 Å². The van der Waals surface area contributed by atoms with E-state index >= 15 is 0 Å². The van der Waals surface area contributed by atoms with Gasteiger partial charge >= 0.3 is 11.7 Å². The maximum absolute atomic E-state index is 13.5. The summed E-state index contributed by atoms with van der Waals surface area (Å²) in [7, 11) is 0. The van der Waals surface area contributed by atoms with E-state index in [9.17, 15) is 24.4 Å². The fourth-order valence-corrected chi connectivity index (χ4v) is 2.66. The number of carboxylic acids is 1. The van der Waals surface area contributed by atoms with Gasteiger partial charge in [0.05, 0.1) is 10.3 Å². The Morgan fingerprint density at radius 2 is 2.30 bits per heavy atom. The number of halogens is 1. The molecule has 2 N–H and O–H groups in total. The van der Waals surface area contributed by atoms with Gasteiger partial charge in [0.1, 0.15) is 5.69 Å². The summed E-state index contributed by atoms with van der Waals surface area (Å²) >= 11 is 0. The van der Waals surface area contributed by atoms with Crippen molar-refractivity contribution in [2.24, 2.45) is 5.41 Å². The minimum atomic E-state index is -1.000. The lowest BCUT2D eigenvalue weighted by atomic mass is 9.85. The Balaban J connectivity index is 2.33. The van der Waals surface area contributed by atoms with Crippen LogP contribution in [0.1, 0.15) is 26.2 Å². The predicted octanol–water partition coefficient (Wildman–Crippen LogP) is 2.79. The Kier molecular flexibility index (Phi) is 3.61. The highest BCUT2D eigenvalue weighted by Crippen LogP contribution is 2.41. The molecule has 0 saturated heterocycles. The van der Waals surface area contributed by atoms with Crippen molar-refractivity contribution in [2.45, 2.75) is 32.2 Å². The summed E-state index contributed by atoms with van der Waals surface area (Å²) in [5.41, 5.74) is -1.62. The molecule has 0 radical (unpaired) electrons. The smallest absolute Gasteiger partial charge is 0.327 e. The predicted molar refractivity (Wildman–Crippen MR) is 70.1 cm³/mol. The van der Waals surface area contributed by atoms with E-state index in [0.29, 0.717) is 19.3 Å². The first-order chi connectivity index (χ1) is 9.36. The van der Waals surface area contributed by atoms with Crippen molar-refractivity contribution in [2.75, 3.05) is 5.32 Å². The summed E-state index contributed by atoms with van der Waals surface area (Å²) in [6.07, 6.45) is 1.78. The van der Waals surface area contributed by atoms with Crippen LogP contribution in [-0.2, 0) is 4.79 Å². The highest BCUT2D eigenvalue weighted by atomic mass is 19.1. The number of carbonyl (C=O) groups is 1. The number of rotatable bonds is 4. The van der Waals surface area contributed by atoms with Gasteiger partial charge in [-0.1, -0.05) is 12.5 Å². The zero-order valence-corrected chi connectivity index (χ0v) is 10.9. The van der Waals surface area contributed by atoms with Gasteiger partial charge in [0.25, 0.3) is 0 Å². The summed E-state index contributed by atoms with van der Waals surface area (Å²) in [6, 6.07) is 3.30.